The van der Waals surface area contributed by atoms with Crippen molar-refractivity contribution in [1.82, 2.24) is 19.9 Å². The molecule has 1 saturated carbocycles. The lowest BCUT2D eigenvalue weighted by Crippen LogP contribution is -2.43. The summed E-state index contributed by atoms with van der Waals surface area (Å²) >= 11 is 0. The topological polar surface area (TPSA) is 72.8 Å². The Bertz CT molecular complexity index is 2150. The van der Waals surface area contributed by atoms with Gasteiger partial charge in [0, 0.05) is 49.8 Å². The van der Waals surface area contributed by atoms with Gasteiger partial charge in [-0.3, -0.25) is 9.88 Å². The molecule has 0 spiro atoms. The zero-order chi connectivity index (χ0) is 39.4. The Balaban J connectivity index is 1.43. The molecule has 0 amide bonds. The Hall–Kier alpha value is -3.92. The molecule has 3 fully saturated rings. The quantitative estimate of drug-likeness (QED) is 0.0801. The zero-order valence-corrected chi connectivity index (χ0v) is 34.7. The number of anilines is 1. The number of nitrogens with zero attached hydrogens (tertiary/aromatic N) is 5. The van der Waals surface area contributed by atoms with E-state index in [4.69, 9.17) is 24.2 Å². The van der Waals surface area contributed by atoms with Gasteiger partial charge in [0.05, 0.1) is 16.5 Å². The van der Waals surface area contributed by atoms with Crippen LogP contribution in [0.1, 0.15) is 86.1 Å². The minimum atomic E-state index is -2.28. The van der Waals surface area contributed by atoms with Crippen LogP contribution in [-0.4, -0.2) is 85.8 Å². The minimum absolute atomic E-state index is 0.0233. The van der Waals surface area contributed by atoms with E-state index in [1.807, 2.05) is 11.9 Å². The number of fused-ring (bicyclic) bond motifs is 3. The molecule has 2 aromatic heterocycles. The maximum absolute atomic E-state index is 17.5. The number of benzene rings is 2. The summed E-state index contributed by atoms with van der Waals surface area (Å²) in [6, 6.07) is 6.54. The molecular weight excluding hydrogens is 720 g/mol. The normalized spacial score (nSPS) is 20.7. The van der Waals surface area contributed by atoms with Crippen LogP contribution in [0.2, 0.25) is 16.6 Å². The van der Waals surface area contributed by atoms with Gasteiger partial charge in [-0.25, -0.2) is 13.2 Å². The molecule has 7 rings (SSSR count). The number of aromatic nitrogens is 3. The molecule has 2 aromatic carbocycles. The van der Waals surface area contributed by atoms with E-state index in [0.717, 1.165) is 32.2 Å². The van der Waals surface area contributed by atoms with Crippen molar-refractivity contribution in [1.29, 1.82) is 0 Å². The Morgan fingerprint density at radius 2 is 1.75 bits per heavy atom. The number of hydrogen-bond donors (Lipinski definition) is 0. The maximum Gasteiger partial charge on any atom is 0.319 e. The van der Waals surface area contributed by atoms with Gasteiger partial charge in [0.15, 0.2) is 12.6 Å². The molecule has 4 aromatic rings. The third-order valence-electron chi connectivity index (χ3n) is 12.9. The van der Waals surface area contributed by atoms with Crippen LogP contribution in [0.5, 0.6) is 11.8 Å². The van der Waals surface area contributed by atoms with Crippen molar-refractivity contribution >= 4 is 35.6 Å². The first-order valence-corrected chi connectivity index (χ1v) is 21.9. The largest absolute Gasteiger partial charge is 0.468 e. The molecule has 0 radical (unpaired) electrons. The Labute approximate surface area is 324 Å². The standard InChI is InChI=1S/C43H54F3N5O3Si/c1-26(2)55(27(3)4,28(5)6)18-13-32-35(45)12-11-29-19-31(54-25-52-9)20-33(36(29)32)38-37(46)39-34(22-47-38)40(50(8)42(7)15-16-42)49-41(48-39)53-24-43-14-10-17-51(43)23-30(44)21-43/h11-12,19-20,22,26-28,30H,10,14-17,21,23-25H2,1-9H3/t30-,43+/m1/s1. The third kappa shape index (κ3) is 6.95. The van der Waals surface area contributed by atoms with Gasteiger partial charge in [-0.2, -0.15) is 9.97 Å². The van der Waals surface area contributed by atoms with E-state index in [0.29, 0.717) is 62.9 Å². The summed E-state index contributed by atoms with van der Waals surface area (Å²) in [5, 5.41) is 1.50. The third-order valence-corrected chi connectivity index (χ3v) is 19.2. The Morgan fingerprint density at radius 3 is 2.42 bits per heavy atom. The molecule has 2 aliphatic heterocycles. The second-order valence-corrected chi connectivity index (χ2v) is 22.7. The first-order chi connectivity index (χ1) is 26.1. The number of pyridine rings is 1. The van der Waals surface area contributed by atoms with Crippen LogP contribution in [0, 0.1) is 23.1 Å². The van der Waals surface area contributed by atoms with E-state index in [-0.39, 0.29) is 41.7 Å². The maximum atomic E-state index is 17.5. The molecule has 12 heteroatoms. The molecular formula is C43H54F3N5O3Si. The number of halogens is 3. The summed E-state index contributed by atoms with van der Waals surface area (Å²) in [5.41, 5.74) is 4.59. The second-order valence-electron chi connectivity index (χ2n) is 17.1. The van der Waals surface area contributed by atoms with Crippen LogP contribution in [0.25, 0.3) is 32.9 Å². The molecule has 2 atom stereocenters. The summed E-state index contributed by atoms with van der Waals surface area (Å²) in [7, 11) is 1.19. The van der Waals surface area contributed by atoms with E-state index in [1.54, 1.807) is 24.4 Å². The van der Waals surface area contributed by atoms with Crippen LogP contribution in [0.3, 0.4) is 0 Å². The molecule has 8 nitrogen and oxygen atoms in total. The van der Waals surface area contributed by atoms with Gasteiger partial charge >= 0.3 is 6.01 Å². The molecule has 55 heavy (non-hydrogen) atoms. The summed E-state index contributed by atoms with van der Waals surface area (Å²) in [4.78, 5) is 18.5. The van der Waals surface area contributed by atoms with Crippen molar-refractivity contribution in [3.8, 4) is 34.5 Å². The summed E-state index contributed by atoms with van der Waals surface area (Å²) in [6.07, 6.45) is 4.76. The van der Waals surface area contributed by atoms with Crippen molar-refractivity contribution < 1.29 is 27.4 Å². The molecule has 1 aliphatic carbocycles. The number of hydrogen-bond acceptors (Lipinski definition) is 8. The fourth-order valence-electron chi connectivity index (χ4n) is 9.49. The number of methoxy groups -OCH3 is 1. The molecule has 0 unspecified atom stereocenters. The van der Waals surface area contributed by atoms with Crippen LogP contribution in [0.15, 0.2) is 30.5 Å². The highest BCUT2D eigenvalue weighted by atomic mass is 28.3. The summed E-state index contributed by atoms with van der Waals surface area (Å²) in [6.45, 7) is 16.8. The van der Waals surface area contributed by atoms with Crippen LogP contribution < -0.4 is 14.4 Å². The van der Waals surface area contributed by atoms with E-state index in [2.05, 4.69) is 69.8 Å². The van der Waals surface area contributed by atoms with E-state index in [9.17, 15) is 4.39 Å². The first-order valence-electron chi connectivity index (χ1n) is 19.7. The Kier molecular flexibility index (Phi) is 10.6. The lowest BCUT2D eigenvalue weighted by Gasteiger charge is -2.38. The van der Waals surface area contributed by atoms with Gasteiger partial charge in [0.1, 0.15) is 49.4 Å². The lowest BCUT2D eigenvalue weighted by molar-refractivity contribution is 0.0512. The molecule has 2 saturated heterocycles. The lowest BCUT2D eigenvalue weighted by atomic mass is 9.95. The van der Waals surface area contributed by atoms with Gasteiger partial charge in [-0.05, 0) is 79.4 Å². The highest BCUT2D eigenvalue weighted by molar-refractivity contribution is 6.90. The van der Waals surface area contributed by atoms with Crippen LogP contribution in [-0.2, 0) is 4.74 Å². The predicted molar refractivity (Wildman–Crippen MR) is 215 cm³/mol. The minimum Gasteiger partial charge on any atom is -0.468 e. The van der Waals surface area contributed by atoms with Gasteiger partial charge < -0.3 is 19.1 Å². The van der Waals surface area contributed by atoms with E-state index >= 15 is 8.78 Å². The highest BCUT2D eigenvalue weighted by Crippen LogP contribution is 2.46. The number of rotatable bonds is 12. The van der Waals surface area contributed by atoms with Crippen molar-refractivity contribution in [2.24, 2.45) is 0 Å². The fraction of sp³-hybridized carbons (Fsp3) is 0.558. The predicted octanol–water partition coefficient (Wildman–Crippen LogP) is 9.62. The van der Waals surface area contributed by atoms with Gasteiger partial charge in [-0.1, -0.05) is 53.5 Å². The Morgan fingerprint density at radius 1 is 1.02 bits per heavy atom. The van der Waals surface area contributed by atoms with Crippen molar-refractivity contribution in [3.63, 3.8) is 0 Å². The average molecular weight is 774 g/mol. The smallest absolute Gasteiger partial charge is 0.319 e. The van der Waals surface area contributed by atoms with Crippen molar-refractivity contribution in [3.05, 3.63) is 47.7 Å². The van der Waals surface area contributed by atoms with Crippen LogP contribution in [0.4, 0.5) is 19.0 Å². The van der Waals surface area contributed by atoms with Crippen LogP contribution >= 0.6 is 0 Å². The first kappa shape index (κ1) is 39.3. The molecule has 294 valence electrons. The fourth-order valence-corrected chi connectivity index (χ4v) is 14.7. The van der Waals surface area contributed by atoms with E-state index < -0.39 is 31.4 Å². The summed E-state index contributed by atoms with van der Waals surface area (Å²) in [5.74, 6) is 3.05. The number of ether oxygens (including phenoxy) is 3. The molecule has 0 bridgehead atoms. The average Bonchev–Trinajstić information content (AvgIpc) is 3.66. The zero-order valence-electron chi connectivity index (χ0n) is 33.7. The monoisotopic (exact) mass is 773 g/mol. The van der Waals surface area contributed by atoms with Crippen molar-refractivity contribution in [2.45, 2.75) is 114 Å². The molecule has 4 heterocycles. The number of alkyl halides is 1. The highest BCUT2D eigenvalue weighted by Gasteiger charge is 2.50. The van der Waals surface area contributed by atoms with Crippen molar-refractivity contribution in [2.75, 3.05) is 45.5 Å². The van der Waals surface area contributed by atoms with E-state index in [1.165, 1.54) is 13.2 Å². The van der Waals surface area contributed by atoms with Gasteiger partial charge in [0.25, 0.3) is 0 Å². The van der Waals surface area contributed by atoms with Gasteiger partial charge in [0.2, 0.25) is 0 Å². The summed E-state index contributed by atoms with van der Waals surface area (Å²) < 4.78 is 65.7. The molecule has 3 aliphatic rings. The van der Waals surface area contributed by atoms with Gasteiger partial charge in [-0.15, -0.1) is 5.54 Å². The second kappa shape index (κ2) is 14.9. The SMILES string of the molecule is COCOc1cc(-c2ncc3c(N(C)C4(C)CC4)nc(OC[C@@]45CCCN4C[C@H](F)C5)nc3c2F)c2c(C#C[Si](C(C)C)(C(C)C)C(C)C)c(F)ccc2c1. The molecule has 0 N–H and O–H groups in total.